The fraction of sp³-hybridized carbons (Fsp3) is 0.360. The molecule has 1 heterocycles. The average Bonchev–Trinajstić information content (AvgIpc) is 2.88. The molecule has 37 heavy (non-hydrogen) atoms. The van der Waals surface area contributed by atoms with Crippen molar-refractivity contribution < 1.29 is 32.3 Å². The summed E-state index contributed by atoms with van der Waals surface area (Å²) in [4.78, 5) is 38.6. The molecule has 1 saturated heterocycles. The Hall–Kier alpha value is -3.95. The van der Waals surface area contributed by atoms with Crippen molar-refractivity contribution in [3.63, 3.8) is 0 Å². The Morgan fingerprint density at radius 2 is 1.95 bits per heavy atom. The van der Waals surface area contributed by atoms with Crippen LogP contribution in [0.4, 0.5) is 4.79 Å². The molecule has 1 aliphatic rings. The van der Waals surface area contributed by atoms with Crippen LogP contribution < -0.4 is 10.0 Å². The van der Waals surface area contributed by atoms with Crippen LogP contribution in [0, 0.1) is 18.3 Å². The predicted octanol–water partition coefficient (Wildman–Crippen LogP) is 1.77. The number of ether oxygens (including phenoxy) is 2. The molecule has 0 unspecified atom stereocenters. The van der Waals surface area contributed by atoms with Crippen LogP contribution in [0.25, 0.3) is 0 Å². The van der Waals surface area contributed by atoms with Crippen molar-refractivity contribution in [2.24, 2.45) is 0 Å². The SMILES string of the molecule is COC(=O)[C@H](CNC(=O)C[C@@H]1C[C@H](c2ccc(C#N)cc2)N(C)C(=O)O1)NS(=O)(=O)c1cccc(C)c1. The van der Waals surface area contributed by atoms with Crippen LogP contribution in [0.3, 0.4) is 0 Å². The first-order valence-electron chi connectivity index (χ1n) is 11.4. The lowest BCUT2D eigenvalue weighted by Crippen LogP contribution is -2.49. The molecule has 1 fully saturated rings. The minimum atomic E-state index is -4.07. The van der Waals surface area contributed by atoms with Crippen LogP contribution in [0.15, 0.2) is 53.4 Å². The van der Waals surface area contributed by atoms with E-state index in [-0.39, 0.29) is 23.9 Å². The maximum absolute atomic E-state index is 12.7. The Bertz CT molecular complexity index is 1310. The first kappa shape index (κ1) is 27.6. The summed E-state index contributed by atoms with van der Waals surface area (Å²) in [6.07, 6.45) is -1.21. The topological polar surface area (TPSA) is 155 Å². The van der Waals surface area contributed by atoms with Crippen LogP contribution in [0.1, 0.15) is 35.6 Å². The Morgan fingerprint density at radius 1 is 1.24 bits per heavy atom. The monoisotopic (exact) mass is 528 g/mol. The number of methoxy groups -OCH3 is 1. The summed E-state index contributed by atoms with van der Waals surface area (Å²) in [7, 11) is -1.37. The summed E-state index contributed by atoms with van der Waals surface area (Å²) in [6.45, 7) is 1.37. The minimum absolute atomic E-state index is 0.0280. The summed E-state index contributed by atoms with van der Waals surface area (Å²) in [5, 5.41) is 11.5. The second-order valence-corrected chi connectivity index (χ2v) is 10.3. The summed E-state index contributed by atoms with van der Waals surface area (Å²) < 4.78 is 37.8. The van der Waals surface area contributed by atoms with E-state index in [1.165, 1.54) is 17.0 Å². The number of nitriles is 1. The Kier molecular flexibility index (Phi) is 8.86. The van der Waals surface area contributed by atoms with Crippen molar-refractivity contribution in [1.29, 1.82) is 5.26 Å². The fourth-order valence-electron chi connectivity index (χ4n) is 3.92. The van der Waals surface area contributed by atoms with E-state index in [4.69, 9.17) is 14.7 Å². The van der Waals surface area contributed by atoms with Crippen molar-refractivity contribution in [1.82, 2.24) is 14.9 Å². The van der Waals surface area contributed by atoms with E-state index in [0.717, 1.165) is 18.2 Å². The molecule has 0 aliphatic carbocycles. The summed E-state index contributed by atoms with van der Waals surface area (Å²) in [5.74, 6) is -1.41. The van der Waals surface area contributed by atoms with Gasteiger partial charge < -0.3 is 19.7 Å². The number of carbonyl (C=O) groups is 3. The van der Waals surface area contributed by atoms with Crippen LogP contribution in [0.2, 0.25) is 0 Å². The molecular formula is C25H28N4O7S. The van der Waals surface area contributed by atoms with E-state index in [0.29, 0.717) is 12.0 Å². The largest absolute Gasteiger partial charge is 0.468 e. The first-order chi connectivity index (χ1) is 17.5. The second-order valence-electron chi connectivity index (χ2n) is 8.62. The van der Waals surface area contributed by atoms with Crippen LogP contribution in [-0.2, 0) is 29.1 Å². The molecule has 196 valence electrons. The number of rotatable bonds is 9. The molecule has 1 aliphatic heterocycles. The molecule has 2 N–H and O–H groups in total. The maximum atomic E-state index is 12.7. The van der Waals surface area contributed by atoms with Gasteiger partial charge in [0.05, 0.1) is 36.1 Å². The normalized spacial score (nSPS) is 18.3. The third-order valence-electron chi connectivity index (χ3n) is 5.93. The molecule has 0 spiro atoms. The lowest BCUT2D eigenvalue weighted by atomic mass is 9.96. The van der Waals surface area contributed by atoms with Crippen LogP contribution >= 0.6 is 0 Å². The Labute approximate surface area is 215 Å². The quantitative estimate of drug-likeness (QED) is 0.467. The average molecular weight is 529 g/mol. The van der Waals surface area contributed by atoms with E-state index in [9.17, 15) is 22.8 Å². The van der Waals surface area contributed by atoms with Crippen molar-refractivity contribution in [2.75, 3.05) is 20.7 Å². The predicted molar refractivity (Wildman–Crippen MR) is 131 cm³/mol. The summed E-state index contributed by atoms with van der Waals surface area (Å²) in [6, 6.07) is 13.2. The van der Waals surface area contributed by atoms with Gasteiger partial charge in [-0.3, -0.25) is 9.59 Å². The Morgan fingerprint density at radius 3 is 2.57 bits per heavy atom. The van der Waals surface area contributed by atoms with Crippen LogP contribution in [0.5, 0.6) is 0 Å². The summed E-state index contributed by atoms with van der Waals surface area (Å²) in [5.41, 5.74) is 2.00. The highest BCUT2D eigenvalue weighted by Gasteiger charge is 2.35. The fourth-order valence-corrected chi connectivity index (χ4v) is 5.21. The van der Waals surface area contributed by atoms with E-state index in [1.807, 2.05) is 6.07 Å². The smallest absolute Gasteiger partial charge is 0.410 e. The zero-order chi connectivity index (χ0) is 27.2. The number of hydrogen-bond acceptors (Lipinski definition) is 8. The number of sulfonamides is 1. The standard InChI is InChI=1S/C25H28N4O7S/c1-16-5-4-6-20(11-16)37(33,34)28-21(24(31)35-3)15-27-23(30)13-19-12-22(29(2)25(32)36-19)18-9-7-17(14-26)8-10-18/h4-11,19,21-22,28H,12-13,15H2,1-3H3,(H,27,30)/t19-,21-,22+/m0/s1. The summed E-state index contributed by atoms with van der Waals surface area (Å²) >= 11 is 0. The van der Waals surface area contributed by atoms with Crippen molar-refractivity contribution in [2.45, 2.75) is 42.8 Å². The molecule has 11 nitrogen and oxygen atoms in total. The van der Waals surface area contributed by atoms with E-state index < -0.39 is 40.1 Å². The number of amides is 2. The highest BCUT2D eigenvalue weighted by Crippen LogP contribution is 2.31. The van der Waals surface area contributed by atoms with Crippen molar-refractivity contribution in [3.05, 3.63) is 65.2 Å². The zero-order valence-corrected chi connectivity index (χ0v) is 21.4. The first-order valence-corrected chi connectivity index (χ1v) is 12.9. The van der Waals surface area contributed by atoms with Crippen molar-refractivity contribution >= 4 is 28.0 Å². The number of cyclic esters (lactones) is 1. The van der Waals surface area contributed by atoms with Gasteiger partial charge in [0.25, 0.3) is 0 Å². The highest BCUT2D eigenvalue weighted by molar-refractivity contribution is 7.89. The zero-order valence-electron chi connectivity index (χ0n) is 20.6. The molecule has 0 radical (unpaired) electrons. The number of carbonyl (C=O) groups excluding carboxylic acids is 3. The van der Waals surface area contributed by atoms with Gasteiger partial charge in [-0.15, -0.1) is 0 Å². The number of hydrogen-bond donors (Lipinski definition) is 2. The highest BCUT2D eigenvalue weighted by atomic mass is 32.2. The van der Waals surface area contributed by atoms with E-state index in [2.05, 4.69) is 10.0 Å². The van der Waals surface area contributed by atoms with Gasteiger partial charge in [0, 0.05) is 20.0 Å². The third-order valence-corrected chi connectivity index (χ3v) is 7.40. The molecule has 2 aromatic rings. The number of nitrogens with one attached hydrogen (secondary N) is 2. The van der Waals surface area contributed by atoms with Crippen molar-refractivity contribution in [3.8, 4) is 6.07 Å². The lowest BCUT2D eigenvalue weighted by Gasteiger charge is -2.36. The van der Waals surface area contributed by atoms with E-state index >= 15 is 0 Å². The number of aryl methyl sites for hydroxylation is 1. The van der Waals surface area contributed by atoms with Gasteiger partial charge in [0.2, 0.25) is 15.9 Å². The van der Waals surface area contributed by atoms with Gasteiger partial charge >= 0.3 is 12.1 Å². The molecule has 0 bridgehead atoms. The van der Waals surface area contributed by atoms with Gasteiger partial charge in [0.1, 0.15) is 12.1 Å². The molecule has 2 amide bonds. The number of benzene rings is 2. The van der Waals surface area contributed by atoms with Gasteiger partial charge in [0.15, 0.2) is 0 Å². The lowest BCUT2D eigenvalue weighted by molar-refractivity contribution is -0.142. The molecule has 3 rings (SSSR count). The molecule has 0 aromatic heterocycles. The van der Waals surface area contributed by atoms with Gasteiger partial charge in [-0.1, -0.05) is 24.3 Å². The van der Waals surface area contributed by atoms with Gasteiger partial charge in [-0.2, -0.15) is 9.98 Å². The molecule has 12 heteroatoms. The second kappa shape index (κ2) is 11.9. The minimum Gasteiger partial charge on any atom is -0.468 e. The molecule has 3 atom stereocenters. The number of esters is 1. The van der Waals surface area contributed by atoms with Crippen LogP contribution in [-0.4, -0.2) is 64.1 Å². The van der Waals surface area contributed by atoms with Gasteiger partial charge in [-0.05, 0) is 42.3 Å². The molecule has 0 saturated carbocycles. The molecule has 2 aromatic carbocycles. The van der Waals surface area contributed by atoms with E-state index in [1.54, 1.807) is 50.4 Å². The van der Waals surface area contributed by atoms with Gasteiger partial charge in [-0.25, -0.2) is 13.2 Å². The third kappa shape index (κ3) is 7.05. The number of nitrogens with zero attached hydrogens (tertiary/aromatic N) is 2. The Balaban J connectivity index is 1.63. The molecular weight excluding hydrogens is 500 g/mol. The maximum Gasteiger partial charge on any atom is 0.410 e.